The van der Waals surface area contributed by atoms with E-state index in [9.17, 15) is 0 Å². The van der Waals surface area contributed by atoms with Crippen molar-refractivity contribution in [2.45, 2.75) is 51.7 Å². The fraction of sp³-hybridized carbons (Fsp3) is 0.478. The van der Waals surface area contributed by atoms with Crippen LogP contribution >= 0.6 is 0 Å². The van der Waals surface area contributed by atoms with Crippen LogP contribution in [0.25, 0.3) is 22.2 Å². The normalized spacial score (nSPS) is 15.2. The van der Waals surface area contributed by atoms with Crippen molar-refractivity contribution in [3.05, 3.63) is 42.6 Å². The number of fused-ring (bicyclic) bond motifs is 1. The smallest absolute Gasteiger partial charge is 0.140 e. The average molecular weight is 409 g/mol. The van der Waals surface area contributed by atoms with Crippen LogP contribution in [0.3, 0.4) is 0 Å². The number of rotatable bonds is 7. The fourth-order valence-electron chi connectivity index (χ4n) is 3.83. The standard InChI is InChI=1S/C23H32N4OSi/c1-29(2,3)16-15-28-18-27-21-10-6-5-9-20(21)23(25-27)19-11-12-24-22(17-19)26-13-7-4-8-14-26/h5-6,9-12,17H,4,7-8,13-16,18H2,1-3H3. The third-order valence-corrected chi connectivity index (χ3v) is 7.27. The van der Waals surface area contributed by atoms with E-state index >= 15 is 0 Å². The van der Waals surface area contributed by atoms with E-state index in [1.54, 1.807) is 0 Å². The van der Waals surface area contributed by atoms with Crippen molar-refractivity contribution in [3.63, 3.8) is 0 Å². The van der Waals surface area contributed by atoms with E-state index in [-0.39, 0.29) is 0 Å². The maximum atomic E-state index is 5.99. The van der Waals surface area contributed by atoms with Crippen molar-refractivity contribution in [1.82, 2.24) is 14.8 Å². The van der Waals surface area contributed by atoms with Gasteiger partial charge in [0.25, 0.3) is 0 Å². The minimum atomic E-state index is -1.09. The summed E-state index contributed by atoms with van der Waals surface area (Å²) in [7, 11) is -1.09. The van der Waals surface area contributed by atoms with Crippen LogP contribution in [0.5, 0.6) is 0 Å². The maximum Gasteiger partial charge on any atom is 0.140 e. The summed E-state index contributed by atoms with van der Waals surface area (Å²) in [6.07, 6.45) is 5.73. The number of nitrogens with zero attached hydrogens (tertiary/aromatic N) is 4. The molecule has 29 heavy (non-hydrogen) atoms. The number of ether oxygens (including phenoxy) is 1. The highest BCUT2D eigenvalue weighted by Gasteiger charge is 2.17. The third kappa shape index (κ3) is 4.87. The Bertz CT molecular complexity index is 957. The van der Waals surface area contributed by atoms with Crippen LogP contribution < -0.4 is 4.90 Å². The molecule has 0 unspecified atom stereocenters. The van der Waals surface area contributed by atoms with Crippen molar-refractivity contribution < 1.29 is 4.74 Å². The van der Waals surface area contributed by atoms with Gasteiger partial charge in [-0.25, -0.2) is 9.67 Å². The molecule has 2 aromatic heterocycles. The Morgan fingerprint density at radius 2 is 1.83 bits per heavy atom. The largest absolute Gasteiger partial charge is 0.360 e. The summed E-state index contributed by atoms with van der Waals surface area (Å²) in [5.74, 6) is 1.06. The number of para-hydroxylation sites is 1. The summed E-state index contributed by atoms with van der Waals surface area (Å²) in [6.45, 7) is 10.6. The predicted octanol–water partition coefficient (Wildman–Crippen LogP) is 5.40. The molecule has 0 bridgehead atoms. The van der Waals surface area contributed by atoms with Crippen LogP contribution in [-0.4, -0.2) is 42.5 Å². The predicted molar refractivity (Wildman–Crippen MR) is 123 cm³/mol. The molecule has 0 aliphatic carbocycles. The minimum Gasteiger partial charge on any atom is -0.360 e. The average Bonchev–Trinajstić information content (AvgIpc) is 3.10. The Kier molecular flexibility index (Phi) is 6.01. The first-order valence-electron chi connectivity index (χ1n) is 10.8. The van der Waals surface area contributed by atoms with Crippen LogP contribution in [0.4, 0.5) is 5.82 Å². The Morgan fingerprint density at radius 1 is 1.03 bits per heavy atom. The van der Waals surface area contributed by atoms with Crippen molar-refractivity contribution in [3.8, 4) is 11.3 Å². The summed E-state index contributed by atoms with van der Waals surface area (Å²) in [5.41, 5.74) is 3.25. The Hall–Kier alpha value is -2.18. The number of anilines is 1. The molecule has 1 fully saturated rings. The molecular weight excluding hydrogens is 376 g/mol. The first-order valence-corrected chi connectivity index (χ1v) is 14.5. The SMILES string of the molecule is C[Si](C)(C)CCOCn1nc(-c2ccnc(N3CCCCC3)c2)c2ccccc21. The Morgan fingerprint density at radius 3 is 2.62 bits per heavy atom. The van der Waals surface area contributed by atoms with Crippen molar-refractivity contribution in [2.24, 2.45) is 0 Å². The van der Waals surface area contributed by atoms with Gasteiger partial charge < -0.3 is 9.64 Å². The molecule has 3 aromatic rings. The third-order valence-electron chi connectivity index (χ3n) is 5.57. The fourth-order valence-corrected chi connectivity index (χ4v) is 4.59. The number of hydrogen-bond donors (Lipinski definition) is 0. The lowest BCUT2D eigenvalue weighted by Crippen LogP contribution is -2.30. The quantitative estimate of drug-likeness (QED) is 0.388. The maximum absolute atomic E-state index is 5.99. The highest BCUT2D eigenvalue weighted by atomic mass is 28.3. The molecule has 0 atom stereocenters. The van der Waals surface area contributed by atoms with Gasteiger partial charge >= 0.3 is 0 Å². The molecule has 1 aliphatic heterocycles. The first-order chi connectivity index (χ1) is 14.0. The van der Waals surface area contributed by atoms with Gasteiger partial charge in [-0.2, -0.15) is 5.10 Å². The van der Waals surface area contributed by atoms with E-state index < -0.39 is 8.07 Å². The molecule has 0 saturated carbocycles. The van der Waals surface area contributed by atoms with Crippen LogP contribution in [0.15, 0.2) is 42.6 Å². The second-order valence-corrected chi connectivity index (χ2v) is 14.8. The number of aromatic nitrogens is 3. The lowest BCUT2D eigenvalue weighted by atomic mass is 10.1. The first kappa shape index (κ1) is 20.1. The summed E-state index contributed by atoms with van der Waals surface area (Å²) in [4.78, 5) is 7.02. The topological polar surface area (TPSA) is 43.2 Å². The Labute approximate surface area is 174 Å². The van der Waals surface area contributed by atoms with Gasteiger partial charge in [0.2, 0.25) is 0 Å². The van der Waals surface area contributed by atoms with Gasteiger partial charge in [-0.1, -0.05) is 37.8 Å². The van der Waals surface area contributed by atoms with E-state index in [4.69, 9.17) is 9.84 Å². The molecule has 1 saturated heterocycles. The van der Waals surface area contributed by atoms with Gasteiger partial charge in [-0.05, 0) is 43.5 Å². The zero-order chi connectivity index (χ0) is 20.3. The lowest BCUT2D eigenvalue weighted by Gasteiger charge is -2.27. The molecule has 6 heteroatoms. The molecule has 5 nitrogen and oxygen atoms in total. The highest BCUT2D eigenvalue weighted by molar-refractivity contribution is 6.76. The van der Waals surface area contributed by atoms with Crippen LogP contribution in [0, 0.1) is 0 Å². The highest BCUT2D eigenvalue weighted by Crippen LogP contribution is 2.30. The molecule has 0 radical (unpaired) electrons. The van der Waals surface area contributed by atoms with E-state index in [0.717, 1.165) is 47.7 Å². The lowest BCUT2D eigenvalue weighted by molar-refractivity contribution is 0.0818. The second kappa shape index (κ2) is 8.67. The Balaban J connectivity index is 1.59. The summed E-state index contributed by atoms with van der Waals surface area (Å²) >= 11 is 0. The van der Waals surface area contributed by atoms with Crippen LogP contribution in [-0.2, 0) is 11.5 Å². The molecule has 154 valence electrons. The van der Waals surface area contributed by atoms with Gasteiger partial charge in [-0.3, -0.25) is 0 Å². The molecule has 0 spiro atoms. The van der Waals surface area contributed by atoms with Gasteiger partial charge in [0, 0.05) is 44.9 Å². The number of pyridine rings is 1. The summed E-state index contributed by atoms with van der Waals surface area (Å²) in [5, 5.41) is 6.10. The van der Waals surface area contributed by atoms with Gasteiger partial charge in [-0.15, -0.1) is 0 Å². The monoisotopic (exact) mass is 408 g/mol. The van der Waals surface area contributed by atoms with Crippen molar-refractivity contribution in [1.29, 1.82) is 0 Å². The molecule has 3 heterocycles. The molecule has 1 aromatic carbocycles. The molecule has 1 aliphatic rings. The number of hydrogen-bond acceptors (Lipinski definition) is 4. The van der Waals surface area contributed by atoms with Gasteiger partial charge in [0.15, 0.2) is 0 Å². The van der Waals surface area contributed by atoms with Crippen molar-refractivity contribution >= 4 is 24.8 Å². The molecular formula is C23H32N4OSi. The van der Waals surface area contributed by atoms with Gasteiger partial charge in [0.1, 0.15) is 18.2 Å². The number of benzene rings is 1. The van der Waals surface area contributed by atoms with Crippen LogP contribution in [0.2, 0.25) is 25.7 Å². The zero-order valence-corrected chi connectivity index (χ0v) is 18.9. The summed E-state index contributed by atoms with van der Waals surface area (Å²) in [6, 6.07) is 13.9. The summed E-state index contributed by atoms with van der Waals surface area (Å²) < 4.78 is 7.98. The molecule has 4 rings (SSSR count). The number of piperidine rings is 1. The van der Waals surface area contributed by atoms with Gasteiger partial charge in [0.05, 0.1) is 5.52 Å². The van der Waals surface area contributed by atoms with E-state index in [1.807, 2.05) is 10.9 Å². The molecule has 0 amide bonds. The zero-order valence-electron chi connectivity index (χ0n) is 17.9. The van der Waals surface area contributed by atoms with Crippen LogP contribution in [0.1, 0.15) is 19.3 Å². The molecule has 0 N–H and O–H groups in total. The van der Waals surface area contributed by atoms with E-state index in [0.29, 0.717) is 6.73 Å². The minimum absolute atomic E-state index is 0.495. The second-order valence-electron chi connectivity index (χ2n) is 9.16. The van der Waals surface area contributed by atoms with E-state index in [1.165, 1.54) is 25.3 Å². The van der Waals surface area contributed by atoms with Crippen molar-refractivity contribution in [2.75, 3.05) is 24.6 Å². The van der Waals surface area contributed by atoms with E-state index in [2.05, 4.69) is 65.9 Å².